The Labute approximate surface area is 95.2 Å². The molecule has 0 spiro atoms. The summed E-state index contributed by atoms with van der Waals surface area (Å²) in [7, 11) is 0. The van der Waals surface area contributed by atoms with Gasteiger partial charge in [-0.2, -0.15) is 0 Å². The van der Waals surface area contributed by atoms with Gasteiger partial charge in [0.15, 0.2) is 0 Å². The summed E-state index contributed by atoms with van der Waals surface area (Å²) in [5.74, 6) is 0. The first-order chi connectivity index (χ1) is 7.36. The van der Waals surface area contributed by atoms with Crippen molar-refractivity contribution in [1.82, 2.24) is 10.3 Å². The predicted molar refractivity (Wildman–Crippen MR) is 63.4 cm³/mol. The van der Waals surface area contributed by atoms with Crippen LogP contribution in [0, 0.1) is 0 Å². The van der Waals surface area contributed by atoms with E-state index in [1.54, 1.807) is 12.4 Å². The Balaban J connectivity index is 1.98. The number of hydrogen-bond acceptors (Lipinski definition) is 3. The van der Waals surface area contributed by atoms with Crippen molar-refractivity contribution in [2.45, 2.75) is 25.3 Å². The van der Waals surface area contributed by atoms with Crippen LogP contribution in [0.15, 0.2) is 18.5 Å². The monoisotopic (exact) mass is 225 g/mol. The molecule has 4 heteroatoms. The third kappa shape index (κ3) is 3.08. The van der Waals surface area contributed by atoms with E-state index in [4.69, 9.17) is 11.6 Å². The smallest absolute Gasteiger partial charge is 0.0718 e. The van der Waals surface area contributed by atoms with Crippen molar-refractivity contribution in [3.05, 3.63) is 23.5 Å². The van der Waals surface area contributed by atoms with Crippen molar-refractivity contribution in [2.24, 2.45) is 0 Å². The van der Waals surface area contributed by atoms with Gasteiger partial charge in [-0.15, -0.1) is 0 Å². The first-order valence-electron chi connectivity index (χ1n) is 5.43. The average molecular weight is 226 g/mol. The second-order valence-electron chi connectivity index (χ2n) is 3.88. The van der Waals surface area contributed by atoms with E-state index in [2.05, 4.69) is 15.6 Å². The molecule has 0 radical (unpaired) electrons. The molecule has 15 heavy (non-hydrogen) atoms. The van der Waals surface area contributed by atoms with Gasteiger partial charge in [-0.25, -0.2) is 0 Å². The summed E-state index contributed by atoms with van der Waals surface area (Å²) in [4.78, 5) is 4.07. The number of aromatic nitrogens is 1. The van der Waals surface area contributed by atoms with Gasteiger partial charge in [-0.3, -0.25) is 4.98 Å². The van der Waals surface area contributed by atoms with E-state index in [0.29, 0.717) is 6.04 Å². The Hall–Kier alpha value is -0.800. The number of nitrogens with zero attached hydrogens (tertiary/aromatic N) is 1. The molecule has 1 aliphatic rings. The number of rotatable bonds is 2. The summed E-state index contributed by atoms with van der Waals surface area (Å²) in [5, 5.41) is 7.60. The number of nitrogens with one attached hydrogen (secondary N) is 2. The molecule has 2 rings (SSSR count). The van der Waals surface area contributed by atoms with Crippen molar-refractivity contribution in [2.75, 3.05) is 18.4 Å². The topological polar surface area (TPSA) is 37.0 Å². The summed E-state index contributed by atoms with van der Waals surface area (Å²) >= 11 is 6.07. The van der Waals surface area contributed by atoms with Crippen LogP contribution >= 0.6 is 11.6 Å². The normalized spacial score (nSPS) is 22.1. The van der Waals surface area contributed by atoms with Crippen LogP contribution in [0.5, 0.6) is 0 Å². The van der Waals surface area contributed by atoms with Gasteiger partial charge >= 0.3 is 0 Å². The second kappa shape index (κ2) is 5.33. The number of pyridine rings is 1. The summed E-state index contributed by atoms with van der Waals surface area (Å²) in [6, 6.07) is 2.33. The van der Waals surface area contributed by atoms with Crippen LogP contribution < -0.4 is 10.6 Å². The molecule has 1 fully saturated rings. The fourth-order valence-electron chi connectivity index (χ4n) is 1.87. The standard InChI is InChI=1S/C11H16ClN3/c12-10-4-7-14-8-11(10)15-9-2-1-5-13-6-3-9/h4,7-9,13,15H,1-3,5-6H2. The summed E-state index contributed by atoms with van der Waals surface area (Å²) in [6.45, 7) is 2.20. The minimum Gasteiger partial charge on any atom is -0.380 e. The Morgan fingerprint density at radius 2 is 2.33 bits per heavy atom. The Morgan fingerprint density at radius 3 is 3.20 bits per heavy atom. The molecule has 1 aliphatic heterocycles. The van der Waals surface area contributed by atoms with E-state index in [1.165, 1.54) is 12.8 Å². The maximum Gasteiger partial charge on any atom is 0.0718 e. The molecule has 1 atom stereocenters. The zero-order chi connectivity index (χ0) is 10.5. The lowest BCUT2D eigenvalue weighted by molar-refractivity contribution is 0.637. The molecule has 2 N–H and O–H groups in total. The molecule has 0 bridgehead atoms. The molecule has 0 saturated carbocycles. The lowest BCUT2D eigenvalue weighted by atomic mass is 10.1. The average Bonchev–Trinajstić information content (AvgIpc) is 2.50. The fraction of sp³-hybridized carbons (Fsp3) is 0.545. The van der Waals surface area contributed by atoms with Crippen molar-refractivity contribution in [3.63, 3.8) is 0 Å². The zero-order valence-electron chi connectivity index (χ0n) is 8.67. The van der Waals surface area contributed by atoms with Crippen LogP contribution in [0.2, 0.25) is 5.02 Å². The third-order valence-electron chi connectivity index (χ3n) is 2.70. The molecule has 2 heterocycles. The van der Waals surface area contributed by atoms with E-state index >= 15 is 0 Å². The first kappa shape index (κ1) is 10.7. The van der Waals surface area contributed by atoms with E-state index in [-0.39, 0.29) is 0 Å². The van der Waals surface area contributed by atoms with Crippen LogP contribution in [0.3, 0.4) is 0 Å². The lowest BCUT2D eigenvalue weighted by Gasteiger charge is -2.17. The molecular weight excluding hydrogens is 210 g/mol. The van der Waals surface area contributed by atoms with Crippen molar-refractivity contribution in [3.8, 4) is 0 Å². The molecule has 1 unspecified atom stereocenters. The summed E-state index contributed by atoms with van der Waals surface area (Å²) < 4.78 is 0. The molecule has 0 aliphatic carbocycles. The summed E-state index contributed by atoms with van der Waals surface area (Å²) in [6.07, 6.45) is 7.06. The van der Waals surface area contributed by atoms with E-state index in [1.807, 2.05) is 6.07 Å². The van der Waals surface area contributed by atoms with Crippen LogP contribution in [0.4, 0.5) is 5.69 Å². The zero-order valence-corrected chi connectivity index (χ0v) is 9.43. The summed E-state index contributed by atoms with van der Waals surface area (Å²) in [5.41, 5.74) is 0.950. The highest BCUT2D eigenvalue weighted by Gasteiger charge is 2.12. The minimum atomic E-state index is 0.515. The SMILES string of the molecule is Clc1ccncc1NC1CCCNCC1. The van der Waals surface area contributed by atoms with Gasteiger partial charge in [0, 0.05) is 12.2 Å². The number of anilines is 1. The molecule has 1 saturated heterocycles. The maximum absolute atomic E-state index is 6.07. The first-order valence-corrected chi connectivity index (χ1v) is 5.81. The quantitative estimate of drug-likeness (QED) is 0.811. The molecule has 82 valence electrons. The van der Waals surface area contributed by atoms with Gasteiger partial charge in [-0.05, 0) is 38.4 Å². The Kier molecular flexibility index (Phi) is 3.80. The van der Waals surface area contributed by atoms with E-state index in [0.717, 1.165) is 30.2 Å². The molecule has 1 aromatic rings. The van der Waals surface area contributed by atoms with Gasteiger partial charge in [0.05, 0.1) is 16.9 Å². The lowest BCUT2D eigenvalue weighted by Crippen LogP contribution is -2.21. The van der Waals surface area contributed by atoms with E-state index in [9.17, 15) is 0 Å². The molecule has 1 aromatic heterocycles. The van der Waals surface area contributed by atoms with Crippen molar-refractivity contribution in [1.29, 1.82) is 0 Å². The number of halogens is 1. The largest absolute Gasteiger partial charge is 0.380 e. The second-order valence-corrected chi connectivity index (χ2v) is 4.28. The maximum atomic E-state index is 6.07. The fourth-order valence-corrected chi connectivity index (χ4v) is 2.03. The van der Waals surface area contributed by atoms with Gasteiger partial charge < -0.3 is 10.6 Å². The van der Waals surface area contributed by atoms with Crippen LogP contribution in [-0.2, 0) is 0 Å². The van der Waals surface area contributed by atoms with Gasteiger partial charge in [0.1, 0.15) is 0 Å². The molecule has 0 aromatic carbocycles. The predicted octanol–water partition coefficient (Wildman–Crippen LogP) is 2.29. The highest BCUT2D eigenvalue weighted by Crippen LogP contribution is 2.22. The third-order valence-corrected chi connectivity index (χ3v) is 3.03. The van der Waals surface area contributed by atoms with Crippen LogP contribution in [0.25, 0.3) is 0 Å². The van der Waals surface area contributed by atoms with Gasteiger partial charge in [0.2, 0.25) is 0 Å². The van der Waals surface area contributed by atoms with Crippen LogP contribution in [0.1, 0.15) is 19.3 Å². The Morgan fingerprint density at radius 1 is 1.40 bits per heavy atom. The van der Waals surface area contributed by atoms with Gasteiger partial charge in [0.25, 0.3) is 0 Å². The van der Waals surface area contributed by atoms with Gasteiger partial charge in [-0.1, -0.05) is 11.6 Å². The van der Waals surface area contributed by atoms with Crippen LogP contribution in [-0.4, -0.2) is 24.1 Å². The number of hydrogen-bond donors (Lipinski definition) is 2. The highest BCUT2D eigenvalue weighted by atomic mass is 35.5. The molecule has 3 nitrogen and oxygen atoms in total. The van der Waals surface area contributed by atoms with Crippen molar-refractivity contribution < 1.29 is 0 Å². The van der Waals surface area contributed by atoms with Crippen molar-refractivity contribution >= 4 is 17.3 Å². The highest BCUT2D eigenvalue weighted by molar-refractivity contribution is 6.33. The molecular formula is C11H16ClN3. The molecule has 0 amide bonds. The Bertz CT molecular complexity index is 308. The van der Waals surface area contributed by atoms with E-state index < -0.39 is 0 Å². The minimum absolute atomic E-state index is 0.515.